The fourth-order valence-electron chi connectivity index (χ4n) is 2.54. The van der Waals surface area contributed by atoms with Gasteiger partial charge in [-0.3, -0.25) is 4.90 Å². The number of rotatable bonds is 7. The monoisotopic (exact) mass is 212 g/mol. The minimum atomic E-state index is 0.669. The Morgan fingerprint density at radius 1 is 1.07 bits per heavy atom. The summed E-state index contributed by atoms with van der Waals surface area (Å²) in [6.45, 7) is 5.70. The zero-order valence-corrected chi connectivity index (χ0v) is 10.4. The lowest BCUT2D eigenvalue weighted by atomic mass is 10.0. The molecule has 0 aromatic carbocycles. The summed E-state index contributed by atoms with van der Waals surface area (Å²) < 4.78 is 0. The summed E-state index contributed by atoms with van der Waals surface area (Å²) in [4.78, 5) is 2.62. The summed E-state index contributed by atoms with van der Waals surface area (Å²) in [7, 11) is 0. The fraction of sp³-hybridized carbons (Fsp3) is 1.00. The average Bonchev–Trinajstić information content (AvgIpc) is 2.30. The number of piperidine rings is 1. The third-order valence-electron chi connectivity index (χ3n) is 3.57. The lowest BCUT2D eigenvalue weighted by molar-refractivity contribution is 0.157. The van der Waals surface area contributed by atoms with Crippen LogP contribution in [0.15, 0.2) is 0 Å². The van der Waals surface area contributed by atoms with Gasteiger partial charge in [-0.15, -0.1) is 0 Å². The van der Waals surface area contributed by atoms with E-state index in [0.717, 1.165) is 6.54 Å². The first-order valence-electron chi connectivity index (χ1n) is 6.82. The van der Waals surface area contributed by atoms with Crippen LogP contribution in [0.2, 0.25) is 0 Å². The van der Waals surface area contributed by atoms with E-state index in [2.05, 4.69) is 11.8 Å². The van der Waals surface area contributed by atoms with Crippen LogP contribution in [-0.4, -0.2) is 30.6 Å². The second-order valence-corrected chi connectivity index (χ2v) is 4.84. The number of nitrogens with zero attached hydrogens (tertiary/aromatic N) is 1. The van der Waals surface area contributed by atoms with Crippen LogP contribution in [0, 0.1) is 0 Å². The summed E-state index contributed by atoms with van der Waals surface area (Å²) in [5.74, 6) is 0. The molecule has 0 spiro atoms. The maximum atomic E-state index is 5.88. The van der Waals surface area contributed by atoms with Crippen LogP contribution in [0.25, 0.3) is 0 Å². The van der Waals surface area contributed by atoms with E-state index in [-0.39, 0.29) is 0 Å². The number of likely N-dealkylation sites (tertiary alicyclic amines) is 1. The maximum Gasteiger partial charge on any atom is 0.0218 e. The molecule has 1 aliphatic heterocycles. The largest absolute Gasteiger partial charge is 0.329 e. The van der Waals surface area contributed by atoms with Gasteiger partial charge in [0.1, 0.15) is 0 Å². The average molecular weight is 212 g/mol. The van der Waals surface area contributed by atoms with Crippen molar-refractivity contribution in [3.63, 3.8) is 0 Å². The Bertz CT molecular complexity index is 141. The van der Waals surface area contributed by atoms with Gasteiger partial charge in [-0.1, -0.05) is 39.0 Å². The van der Waals surface area contributed by atoms with Gasteiger partial charge >= 0.3 is 0 Å². The molecule has 2 nitrogen and oxygen atoms in total. The lowest BCUT2D eigenvalue weighted by Gasteiger charge is -2.34. The normalized spacial score (nSPS) is 20.4. The smallest absolute Gasteiger partial charge is 0.0218 e. The van der Waals surface area contributed by atoms with E-state index >= 15 is 0 Å². The van der Waals surface area contributed by atoms with Gasteiger partial charge in [0.15, 0.2) is 0 Å². The molecule has 0 radical (unpaired) electrons. The van der Waals surface area contributed by atoms with Crippen LogP contribution in [0.3, 0.4) is 0 Å². The first-order chi connectivity index (χ1) is 7.38. The molecule has 0 saturated carbocycles. The predicted molar refractivity (Wildman–Crippen MR) is 67.0 cm³/mol. The summed E-state index contributed by atoms with van der Waals surface area (Å²) in [5, 5.41) is 0. The van der Waals surface area contributed by atoms with Crippen LogP contribution in [0.5, 0.6) is 0 Å². The highest BCUT2D eigenvalue weighted by Gasteiger charge is 2.18. The van der Waals surface area contributed by atoms with Gasteiger partial charge in [-0.2, -0.15) is 0 Å². The second-order valence-electron chi connectivity index (χ2n) is 4.84. The molecule has 1 atom stereocenters. The Morgan fingerprint density at radius 3 is 2.40 bits per heavy atom. The number of hydrogen-bond donors (Lipinski definition) is 1. The molecule has 0 aromatic rings. The van der Waals surface area contributed by atoms with Crippen molar-refractivity contribution >= 4 is 0 Å². The van der Waals surface area contributed by atoms with Crippen molar-refractivity contribution in [3.05, 3.63) is 0 Å². The Hall–Kier alpha value is -0.0800. The summed E-state index contributed by atoms with van der Waals surface area (Å²) in [6.07, 6.45) is 11.0. The second kappa shape index (κ2) is 8.12. The van der Waals surface area contributed by atoms with Gasteiger partial charge in [0.25, 0.3) is 0 Å². The summed E-state index contributed by atoms with van der Waals surface area (Å²) in [5.41, 5.74) is 5.88. The van der Waals surface area contributed by atoms with Crippen LogP contribution < -0.4 is 5.73 Å². The molecule has 1 fully saturated rings. The van der Waals surface area contributed by atoms with Gasteiger partial charge < -0.3 is 5.73 Å². The van der Waals surface area contributed by atoms with Crippen molar-refractivity contribution < 1.29 is 0 Å². The Labute approximate surface area is 95.2 Å². The van der Waals surface area contributed by atoms with Crippen LogP contribution >= 0.6 is 0 Å². The topological polar surface area (TPSA) is 29.3 Å². The molecule has 0 bridgehead atoms. The highest BCUT2D eigenvalue weighted by Crippen LogP contribution is 2.16. The molecule has 0 aliphatic carbocycles. The zero-order chi connectivity index (χ0) is 10.9. The highest BCUT2D eigenvalue weighted by molar-refractivity contribution is 4.75. The van der Waals surface area contributed by atoms with E-state index < -0.39 is 0 Å². The minimum absolute atomic E-state index is 0.669. The van der Waals surface area contributed by atoms with Crippen LogP contribution in [-0.2, 0) is 0 Å². The van der Waals surface area contributed by atoms with Crippen LogP contribution in [0.1, 0.15) is 58.3 Å². The Balaban J connectivity index is 2.15. The fourth-order valence-corrected chi connectivity index (χ4v) is 2.54. The van der Waals surface area contributed by atoms with E-state index in [1.165, 1.54) is 64.5 Å². The highest BCUT2D eigenvalue weighted by atomic mass is 15.2. The third-order valence-corrected chi connectivity index (χ3v) is 3.57. The Morgan fingerprint density at radius 2 is 1.80 bits per heavy atom. The first kappa shape index (κ1) is 13.0. The molecule has 0 aromatic heterocycles. The van der Waals surface area contributed by atoms with Gasteiger partial charge in [-0.25, -0.2) is 0 Å². The molecule has 0 amide bonds. The van der Waals surface area contributed by atoms with Crippen molar-refractivity contribution in [1.82, 2.24) is 4.90 Å². The predicted octanol–water partition coefficient (Wildman–Crippen LogP) is 2.77. The molecular formula is C13H28N2. The number of unbranched alkanes of at least 4 members (excludes halogenated alkanes) is 3. The van der Waals surface area contributed by atoms with Crippen molar-refractivity contribution in [2.45, 2.75) is 64.3 Å². The van der Waals surface area contributed by atoms with Crippen molar-refractivity contribution in [2.24, 2.45) is 5.73 Å². The van der Waals surface area contributed by atoms with E-state index in [0.29, 0.717) is 6.04 Å². The van der Waals surface area contributed by atoms with E-state index in [1.807, 2.05) is 0 Å². The molecular weight excluding hydrogens is 184 g/mol. The molecule has 90 valence electrons. The summed E-state index contributed by atoms with van der Waals surface area (Å²) in [6, 6.07) is 0.669. The van der Waals surface area contributed by atoms with Gasteiger partial charge in [0.05, 0.1) is 0 Å². The molecule has 1 unspecified atom stereocenters. The van der Waals surface area contributed by atoms with E-state index in [9.17, 15) is 0 Å². The van der Waals surface area contributed by atoms with Crippen molar-refractivity contribution in [1.29, 1.82) is 0 Å². The molecule has 15 heavy (non-hydrogen) atoms. The van der Waals surface area contributed by atoms with E-state index in [1.54, 1.807) is 0 Å². The Kier molecular flexibility index (Phi) is 7.03. The summed E-state index contributed by atoms with van der Waals surface area (Å²) >= 11 is 0. The molecule has 1 aliphatic rings. The molecule has 1 heterocycles. The minimum Gasteiger partial charge on any atom is -0.329 e. The number of hydrogen-bond acceptors (Lipinski definition) is 2. The standard InChI is InChI=1S/C13H28N2/c1-2-3-4-6-9-13(12-14)15-10-7-5-8-11-15/h13H,2-12,14H2,1H3. The molecule has 2 N–H and O–H groups in total. The maximum absolute atomic E-state index is 5.88. The first-order valence-corrected chi connectivity index (χ1v) is 6.82. The SMILES string of the molecule is CCCCCCC(CN)N1CCCCC1. The van der Waals surface area contributed by atoms with Crippen molar-refractivity contribution in [3.8, 4) is 0 Å². The third kappa shape index (κ3) is 4.98. The number of nitrogens with two attached hydrogens (primary N) is 1. The van der Waals surface area contributed by atoms with Crippen molar-refractivity contribution in [2.75, 3.05) is 19.6 Å². The van der Waals surface area contributed by atoms with Gasteiger partial charge in [0.2, 0.25) is 0 Å². The molecule has 2 heteroatoms. The van der Waals surface area contributed by atoms with Gasteiger partial charge in [0, 0.05) is 12.6 Å². The molecule has 1 rings (SSSR count). The lowest BCUT2D eigenvalue weighted by Crippen LogP contribution is -2.43. The zero-order valence-electron chi connectivity index (χ0n) is 10.4. The quantitative estimate of drug-likeness (QED) is 0.658. The van der Waals surface area contributed by atoms with E-state index in [4.69, 9.17) is 5.73 Å². The van der Waals surface area contributed by atoms with Crippen LogP contribution in [0.4, 0.5) is 0 Å². The molecule has 1 saturated heterocycles. The van der Waals surface area contributed by atoms with Gasteiger partial charge in [-0.05, 0) is 32.4 Å².